The second-order valence-electron chi connectivity index (χ2n) is 7.92. The Hall–Kier alpha value is -2.50. The van der Waals surface area contributed by atoms with Crippen molar-refractivity contribution in [2.75, 3.05) is 20.2 Å². The molecule has 2 atom stereocenters. The van der Waals surface area contributed by atoms with Crippen molar-refractivity contribution in [1.29, 1.82) is 0 Å². The predicted molar refractivity (Wildman–Crippen MR) is 104 cm³/mol. The Balaban J connectivity index is 1.67. The van der Waals surface area contributed by atoms with Crippen molar-refractivity contribution in [2.24, 2.45) is 0 Å². The molecule has 1 aromatic heterocycles. The minimum absolute atomic E-state index is 0.0165. The molecule has 1 N–H and O–H groups in total. The first-order valence-electron chi connectivity index (χ1n) is 9.70. The molecule has 1 aromatic carbocycles. The number of nitrogens with zero attached hydrogens (tertiary/aromatic N) is 2. The molecule has 6 heteroatoms. The van der Waals surface area contributed by atoms with Gasteiger partial charge in [-0.1, -0.05) is 0 Å². The number of H-pyrrole nitrogens is 1. The Morgan fingerprint density at radius 3 is 2.78 bits per heavy atom. The molecule has 2 saturated heterocycles. The Morgan fingerprint density at radius 2 is 2.04 bits per heavy atom. The van der Waals surface area contributed by atoms with E-state index in [1.54, 1.807) is 14.0 Å². The number of piperidine rings is 2. The summed E-state index contributed by atoms with van der Waals surface area (Å²) in [6, 6.07) is 7.76. The molecule has 0 aliphatic carbocycles. The van der Waals surface area contributed by atoms with E-state index in [0.717, 1.165) is 55.4 Å². The molecule has 27 heavy (non-hydrogen) atoms. The average molecular weight is 369 g/mol. The Kier molecular flexibility index (Phi) is 4.36. The zero-order valence-electron chi connectivity index (χ0n) is 16.2. The van der Waals surface area contributed by atoms with Gasteiger partial charge in [-0.25, -0.2) is 0 Å². The smallest absolute Gasteiger partial charge is 0.270 e. The number of nitrogens with one attached hydrogen (secondary N) is 1. The number of aromatic nitrogens is 1. The van der Waals surface area contributed by atoms with Crippen LogP contribution in [0.1, 0.15) is 50.0 Å². The average Bonchev–Trinajstić information content (AvgIpc) is 3.09. The molecular weight excluding hydrogens is 342 g/mol. The molecule has 0 radical (unpaired) electrons. The molecule has 2 aliphatic heterocycles. The van der Waals surface area contributed by atoms with Crippen molar-refractivity contribution in [2.45, 2.75) is 51.1 Å². The first-order chi connectivity index (χ1) is 12.9. The molecule has 2 aromatic rings. The van der Waals surface area contributed by atoms with Crippen LogP contribution in [-0.4, -0.2) is 58.4 Å². The summed E-state index contributed by atoms with van der Waals surface area (Å²) >= 11 is 0. The Bertz CT molecular complexity index is 890. The summed E-state index contributed by atoms with van der Waals surface area (Å²) in [6.45, 7) is 5.31. The van der Waals surface area contributed by atoms with Gasteiger partial charge in [0.2, 0.25) is 5.91 Å². The maximum absolute atomic E-state index is 13.4. The van der Waals surface area contributed by atoms with Crippen molar-refractivity contribution >= 4 is 22.7 Å². The van der Waals surface area contributed by atoms with Gasteiger partial charge in [-0.3, -0.25) is 9.59 Å². The molecule has 2 fully saturated rings. The summed E-state index contributed by atoms with van der Waals surface area (Å²) in [4.78, 5) is 32.8. The molecule has 0 spiro atoms. The molecule has 0 unspecified atom stereocenters. The molecule has 4 rings (SSSR count). The van der Waals surface area contributed by atoms with Crippen LogP contribution in [0.4, 0.5) is 0 Å². The largest absolute Gasteiger partial charge is 0.497 e. The van der Waals surface area contributed by atoms with Gasteiger partial charge in [0.05, 0.1) is 18.7 Å². The fourth-order valence-corrected chi connectivity index (χ4v) is 4.95. The Labute approximate surface area is 159 Å². The number of hydrogen-bond acceptors (Lipinski definition) is 3. The maximum atomic E-state index is 13.4. The van der Waals surface area contributed by atoms with Crippen LogP contribution in [0, 0.1) is 0 Å². The fraction of sp³-hybridized carbons (Fsp3) is 0.524. The van der Waals surface area contributed by atoms with Crippen LogP contribution in [0.2, 0.25) is 0 Å². The van der Waals surface area contributed by atoms with E-state index in [4.69, 9.17) is 4.74 Å². The van der Waals surface area contributed by atoms with Crippen molar-refractivity contribution < 1.29 is 14.3 Å². The van der Waals surface area contributed by atoms with E-state index in [0.29, 0.717) is 5.69 Å². The van der Waals surface area contributed by atoms with E-state index in [1.165, 1.54) is 0 Å². The summed E-state index contributed by atoms with van der Waals surface area (Å²) in [6.07, 6.45) is 3.75. The number of carbonyl (C=O) groups is 2. The van der Waals surface area contributed by atoms with E-state index in [2.05, 4.69) is 11.9 Å². The van der Waals surface area contributed by atoms with Crippen LogP contribution in [0.5, 0.6) is 5.75 Å². The van der Waals surface area contributed by atoms with Crippen molar-refractivity contribution in [1.82, 2.24) is 14.8 Å². The number of rotatable bonds is 2. The van der Waals surface area contributed by atoms with Gasteiger partial charge in [-0.05, 0) is 56.9 Å². The normalized spacial score (nSPS) is 25.4. The van der Waals surface area contributed by atoms with E-state index in [9.17, 15) is 9.59 Å². The van der Waals surface area contributed by atoms with E-state index < -0.39 is 0 Å². The standard InChI is InChI=1S/C21H27N3O3/c1-14(25)23-10-5-9-21(2)19(23)6-4-11-24(21)20(26)18-13-15-12-16(27-3)7-8-17(15)22-18/h7-8,12-13,19,22H,4-6,9-11H2,1-3H3/t19-,21-/m0/s1. The highest BCUT2D eigenvalue weighted by molar-refractivity contribution is 5.98. The highest BCUT2D eigenvalue weighted by atomic mass is 16.5. The maximum Gasteiger partial charge on any atom is 0.270 e. The molecule has 6 nitrogen and oxygen atoms in total. The van der Waals surface area contributed by atoms with Gasteiger partial charge in [0.15, 0.2) is 0 Å². The lowest BCUT2D eigenvalue weighted by Gasteiger charge is -2.56. The third-order valence-corrected chi connectivity index (χ3v) is 6.36. The topological polar surface area (TPSA) is 65.6 Å². The van der Waals surface area contributed by atoms with Gasteiger partial charge in [0.25, 0.3) is 5.91 Å². The van der Waals surface area contributed by atoms with Crippen LogP contribution < -0.4 is 4.74 Å². The van der Waals surface area contributed by atoms with Crippen molar-refractivity contribution in [3.8, 4) is 5.75 Å². The number of benzene rings is 1. The molecule has 2 amide bonds. The van der Waals surface area contributed by atoms with E-state index in [1.807, 2.05) is 34.1 Å². The first kappa shape index (κ1) is 17.9. The van der Waals surface area contributed by atoms with Gasteiger partial charge >= 0.3 is 0 Å². The highest BCUT2D eigenvalue weighted by Gasteiger charge is 2.49. The summed E-state index contributed by atoms with van der Waals surface area (Å²) in [5, 5.41) is 0.963. The lowest BCUT2D eigenvalue weighted by atomic mass is 9.76. The molecule has 3 heterocycles. The number of carbonyl (C=O) groups excluding carboxylic acids is 2. The van der Waals surface area contributed by atoms with Crippen molar-refractivity contribution in [3.63, 3.8) is 0 Å². The first-order valence-corrected chi connectivity index (χ1v) is 9.70. The summed E-state index contributed by atoms with van der Waals surface area (Å²) < 4.78 is 5.28. The summed E-state index contributed by atoms with van der Waals surface area (Å²) in [7, 11) is 1.64. The number of likely N-dealkylation sites (tertiary alicyclic amines) is 2. The molecule has 144 valence electrons. The summed E-state index contributed by atoms with van der Waals surface area (Å²) in [5.74, 6) is 0.899. The minimum Gasteiger partial charge on any atom is -0.497 e. The number of ether oxygens (including phenoxy) is 1. The van der Waals surface area contributed by atoms with Gasteiger partial charge in [-0.15, -0.1) is 0 Å². The quantitative estimate of drug-likeness (QED) is 0.884. The number of hydrogen-bond donors (Lipinski definition) is 1. The van der Waals surface area contributed by atoms with Crippen LogP contribution in [-0.2, 0) is 4.79 Å². The Morgan fingerprint density at radius 1 is 1.22 bits per heavy atom. The zero-order valence-corrected chi connectivity index (χ0v) is 16.2. The van der Waals surface area contributed by atoms with Gasteiger partial charge in [0, 0.05) is 30.9 Å². The number of fused-ring (bicyclic) bond motifs is 2. The lowest BCUT2D eigenvalue weighted by Crippen LogP contribution is -2.68. The molecule has 0 saturated carbocycles. The lowest BCUT2D eigenvalue weighted by molar-refractivity contribution is -0.140. The molecule has 0 bridgehead atoms. The van der Waals surface area contributed by atoms with Crippen LogP contribution in [0.15, 0.2) is 24.3 Å². The number of amides is 2. The van der Waals surface area contributed by atoms with E-state index in [-0.39, 0.29) is 23.4 Å². The van der Waals surface area contributed by atoms with Crippen LogP contribution in [0.3, 0.4) is 0 Å². The monoisotopic (exact) mass is 369 g/mol. The fourth-order valence-electron chi connectivity index (χ4n) is 4.95. The van der Waals surface area contributed by atoms with Crippen LogP contribution in [0.25, 0.3) is 10.9 Å². The van der Waals surface area contributed by atoms with Gasteiger partial charge in [0.1, 0.15) is 11.4 Å². The minimum atomic E-state index is -0.311. The highest BCUT2D eigenvalue weighted by Crippen LogP contribution is 2.40. The second-order valence-corrected chi connectivity index (χ2v) is 7.92. The summed E-state index contributed by atoms with van der Waals surface area (Å²) in [5.41, 5.74) is 1.21. The van der Waals surface area contributed by atoms with Gasteiger partial charge < -0.3 is 19.5 Å². The molecular formula is C21H27N3O3. The molecule has 2 aliphatic rings. The predicted octanol–water partition coefficient (Wildman–Crippen LogP) is 3.18. The van der Waals surface area contributed by atoms with Crippen molar-refractivity contribution in [3.05, 3.63) is 30.0 Å². The zero-order chi connectivity index (χ0) is 19.2. The second kappa shape index (κ2) is 6.59. The van der Waals surface area contributed by atoms with Gasteiger partial charge in [-0.2, -0.15) is 0 Å². The number of methoxy groups -OCH3 is 1. The third kappa shape index (κ3) is 2.87. The third-order valence-electron chi connectivity index (χ3n) is 6.36. The SMILES string of the molecule is COc1ccc2[nH]c(C(=O)N3CCC[C@@H]4N(C(C)=O)CCC[C@@]43C)cc2c1. The number of aromatic amines is 1. The van der Waals surface area contributed by atoms with Crippen LogP contribution >= 0.6 is 0 Å². The van der Waals surface area contributed by atoms with E-state index >= 15 is 0 Å².